The van der Waals surface area contributed by atoms with Crippen molar-refractivity contribution >= 4 is 18.0 Å². The molecule has 0 spiro atoms. The van der Waals surface area contributed by atoms with Crippen LogP contribution >= 0.6 is 0 Å². The summed E-state index contributed by atoms with van der Waals surface area (Å²) in [7, 11) is 0. The number of rotatable bonds is 2. The van der Waals surface area contributed by atoms with Crippen molar-refractivity contribution in [1.82, 2.24) is 19.2 Å². The normalized spacial score (nSPS) is 15.8. The first kappa shape index (κ1) is 11.7. The van der Waals surface area contributed by atoms with E-state index < -0.39 is 0 Å². The van der Waals surface area contributed by atoms with Crippen molar-refractivity contribution in [2.75, 3.05) is 26.2 Å². The summed E-state index contributed by atoms with van der Waals surface area (Å²) in [5, 5.41) is 0. The Kier molecular flexibility index (Phi) is 2.91. The predicted octanol–water partition coefficient (Wildman–Crippen LogP) is 0.248. The van der Waals surface area contributed by atoms with Gasteiger partial charge in [-0.15, -0.1) is 0 Å². The number of imidazole rings is 1. The standard InChI is InChI=1S/C13H14N4O2/c18-10-15-6-8-17(9-7-15)13(19)11-2-1-4-16-5-3-14-12(11)16/h1-5,10H,6-9H2. The van der Waals surface area contributed by atoms with Crippen LogP contribution < -0.4 is 0 Å². The molecule has 98 valence electrons. The molecule has 6 heteroatoms. The third kappa shape index (κ3) is 2.05. The van der Waals surface area contributed by atoms with E-state index in [0.717, 1.165) is 6.41 Å². The average molecular weight is 258 g/mol. The minimum absolute atomic E-state index is 0.0256. The van der Waals surface area contributed by atoms with E-state index in [9.17, 15) is 9.59 Å². The van der Waals surface area contributed by atoms with E-state index in [-0.39, 0.29) is 5.91 Å². The quantitative estimate of drug-likeness (QED) is 0.725. The van der Waals surface area contributed by atoms with Gasteiger partial charge in [0.2, 0.25) is 6.41 Å². The zero-order valence-corrected chi connectivity index (χ0v) is 10.4. The summed E-state index contributed by atoms with van der Waals surface area (Å²) in [5.41, 5.74) is 1.28. The van der Waals surface area contributed by atoms with Crippen LogP contribution in [0.5, 0.6) is 0 Å². The Morgan fingerprint density at radius 2 is 2.00 bits per heavy atom. The van der Waals surface area contributed by atoms with Gasteiger partial charge in [-0.25, -0.2) is 4.98 Å². The molecule has 0 bridgehead atoms. The minimum Gasteiger partial charge on any atom is -0.342 e. The number of hydrogen-bond donors (Lipinski definition) is 0. The second-order valence-corrected chi connectivity index (χ2v) is 4.51. The maximum Gasteiger partial charge on any atom is 0.257 e. The number of aromatic nitrogens is 2. The molecule has 19 heavy (non-hydrogen) atoms. The third-order valence-electron chi connectivity index (χ3n) is 3.40. The van der Waals surface area contributed by atoms with Gasteiger partial charge in [0.1, 0.15) is 5.65 Å². The van der Waals surface area contributed by atoms with Gasteiger partial charge in [0.25, 0.3) is 5.91 Å². The number of piperazine rings is 1. The molecule has 0 aliphatic carbocycles. The fourth-order valence-corrected chi connectivity index (χ4v) is 2.32. The summed E-state index contributed by atoms with van der Waals surface area (Å²) in [4.78, 5) is 30.8. The maximum absolute atomic E-state index is 12.5. The van der Waals surface area contributed by atoms with Gasteiger partial charge in [0.15, 0.2) is 0 Å². The van der Waals surface area contributed by atoms with Gasteiger partial charge in [-0.2, -0.15) is 0 Å². The molecular formula is C13H14N4O2. The molecule has 1 saturated heterocycles. The molecule has 0 unspecified atom stereocenters. The first-order valence-corrected chi connectivity index (χ1v) is 6.20. The Morgan fingerprint density at radius 3 is 2.74 bits per heavy atom. The lowest BCUT2D eigenvalue weighted by molar-refractivity contribution is -0.119. The predicted molar refractivity (Wildman–Crippen MR) is 68.7 cm³/mol. The van der Waals surface area contributed by atoms with Crippen LogP contribution in [-0.4, -0.2) is 57.7 Å². The first-order chi connectivity index (χ1) is 9.29. The summed E-state index contributed by atoms with van der Waals surface area (Å²) < 4.78 is 1.83. The van der Waals surface area contributed by atoms with Crippen LogP contribution in [0.25, 0.3) is 5.65 Å². The zero-order chi connectivity index (χ0) is 13.2. The lowest BCUT2D eigenvalue weighted by atomic mass is 10.2. The minimum atomic E-state index is -0.0256. The van der Waals surface area contributed by atoms with E-state index in [0.29, 0.717) is 37.4 Å². The fourth-order valence-electron chi connectivity index (χ4n) is 2.32. The molecule has 1 aliphatic heterocycles. The van der Waals surface area contributed by atoms with Gasteiger partial charge in [-0.05, 0) is 12.1 Å². The highest BCUT2D eigenvalue weighted by atomic mass is 16.2. The molecule has 1 fully saturated rings. The van der Waals surface area contributed by atoms with Crippen molar-refractivity contribution < 1.29 is 9.59 Å². The summed E-state index contributed by atoms with van der Waals surface area (Å²) >= 11 is 0. The average Bonchev–Trinajstić information content (AvgIpc) is 2.95. The molecule has 0 saturated carbocycles. The number of pyridine rings is 1. The molecule has 3 heterocycles. The number of fused-ring (bicyclic) bond motifs is 1. The van der Waals surface area contributed by atoms with Crippen molar-refractivity contribution in [1.29, 1.82) is 0 Å². The highest BCUT2D eigenvalue weighted by Crippen LogP contribution is 2.13. The maximum atomic E-state index is 12.5. The largest absolute Gasteiger partial charge is 0.342 e. The Balaban J connectivity index is 1.84. The second-order valence-electron chi connectivity index (χ2n) is 4.51. The highest BCUT2D eigenvalue weighted by molar-refractivity contribution is 5.99. The Hall–Kier alpha value is -2.37. The van der Waals surface area contributed by atoms with Crippen LogP contribution in [0, 0.1) is 0 Å². The first-order valence-electron chi connectivity index (χ1n) is 6.20. The molecule has 0 radical (unpaired) electrons. The fraction of sp³-hybridized carbons (Fsp3) is 0.308. The number of carbonyl (C=O) groups is 2. The van der Waals surface area contributed by atoms with Crippen LogP contribution in [-0.2, 0) is 4.79 Å². The number of hydrogen-bond acceptors (Lipinski definition) is 3. The van der Waals surface area contributed by atoms with Crippen molar-refractivity contribution in [3.05, 3.63) is 36.3 Å². The van der Waals surface area contributed by atoms with E-state index in [1.54, 1.807) is 22.1 Å². The summed E-state index contributed by atoms with van der Waals surface area (Å²) in [6.07, 6.45) is 6.19. The number of carbonyl (C=O) groups excluding carboxylic acids is 2. The van der Waals surface area contributed by atoms with Crippen LogP contribution in [0.3, 0.4) is 0 Å². The molecule has 0 atom stereocenters. The van der Waals surface area contributed by atoms with Gasteiger partial charge in [-0.3, -0.25) is 9.59 Å². The lowest BCUT2D eigenvalue weighted by Gasteiger charge is -2.32. The summed E-state index contributed by atoms with van der Waals surface area (Å²) in [5.74, 6) is -0.0256. The zero-order valence-electron chi connectivity index (χ0n) is 10.4. The molecule has 2 aromatic rings. The molecule has 0 aromatic carbocycles. The summed E-state index contributed by atoms with van der Waals surface area (Å²) in [6, 6.07) is 3.63. The van der Waals surface area contributed by atoms with Gasteiger partial charge < -0.3 is 14.2 Å². The van der Waals surface area contributed by atoms with Crippen molar-refractivity contribution in [3.63, 3.8) is 0 Å². The highest BCUT2D eigenvalue weighted by Gasteiger charge is 2.23. The number of amides is 2. The molecule has 0 N–H and O–H groups in total. The molecular weight excluding hydrogens is 244 g/mol. The Bertz CT molecular complexity index is 614. The molecule has 6 nitrogen and oxygen atoms in total. The Labute approximate surface area is 110 Å². The van der Waals surface area contributed by atoms with Crippen LogP contribution in [0.4, 0.5) is 0 Å². The van der Waals surface area contributed by atoms with Gasteiger partial charge in [0.05, 0.1) is 5.56 Å². The molecule has 2 amide bonds. The third-order valence-corrected chi connectivity index (χ3v) is 3.40. The monoisotopic (exact) mass is 258 g/mol. The van der Waals surface area contributed by atoms with Crippen molar-refractivity contribution in [2.24, 2.45) is 0 Å². The van der Waals surface area contributed by atoms with Gasteiger partial charge >= 0.3 is 0 Å². The van der Waals surface area contributed by atoms with E-state index in [1.807, 2.05) is 22.9 Å². The van der Waals surface area contributed by atoms with Gasteiger partial charge in [-0.1, -0.05) is 0 Å². The van der Waals surface area contributed by atoms with E-state index in [2.05, 4.69) is 4.98 Å². The van der Waals surface area contributed by atoms with Crippen molar-refractivity contribution in [2.45, 2.75) is 0 Å². The second kappa shape index (κ2) is 4.72. The topological polar surface area (TPSA) is 57.9 Å². The van der Waals surface area contributed by atoms with E-state index in [1.165, 1.54) is 0 Å². The summed E-state index contributed by atoms with van der Waals surface area (Å²) in [6.45, 7) is 2.32. The smallest absolute Gasteiger partial charge is 0.257 e. The van der Waals surface area contributed by atoms with Crippen LogP contribution in [0.15, 0.2) is 30.7 Å². The SMILES string of the molecule is O=CN1CCN(C(=O)c2cccn3ccnc23)CC1. The number of nitrogens with zero attached hydrogens (tertiary/aromatic N) is 4. The molecule has 2 aromatic heterocycles. The Morgan fingerprint density at radius 1 is 1.21 bits per heavy atom. The lowest BCUT2D eigenvalue weighted by Crippen LogP contribution is -2.48. The van der Waals surface area contributed by atoms with E-state index >= 15 is 0 Å². The van der Waals surface area contributed by atoms with Crippen LogP contribution in [0.1, 0.15) is 10.4 Å². The van der Waals surface area contributed by atoms with Gasteiger partial charge in [0, 0.05) is 44.8 Å². The van der Waals surface area contributed by atoms with Crippen molar-refractivity contribution in [3.8, 4) is 0 Å². The molecule has 3 rings (SSSR count). The molecule has 1 aliphatic rings. The van der Waals surface area contributed by atoms with Crippen LogP contribution in [0.2, 0.25) is 0 Å². The van der Waals surface area contributed by atoms with E-state index in [4.69, 9.17) is 0 Å².